The summed E-state index contributed by atoms with van der Waals surface area (Å²) in [5, 5.41) is 11.5. The van der Waals surface area contributed by atoms with Gasteiger partial charge in [-0.2, -0.15) is 24.5 Å². The van der Waals surface area contributed by atoms with E-state index in [0.29, 0.717) is 0 Å². The molecule has 0 radical (unpaired) electrons. The van der Waals surface area contributed by atoms with Crippen molar-refractivity contribution >= 4 is 23.1 Å². The molecule has 0 bridgehead atoms. The molecule has 0 spiro atoms. The molecule has 1 saturated heterocycles. The van der Waals surface area contributed by atoms with E-state index in [9.17, 15) is 13.2 Å². The fourth-order valence-electron chi connectivity index (χ4n) is 3.40. The molecule has 2 aromatic heterocycles. The van der Waals surface area contributed by atoms with E-state index in [0.717, 1.165) is 64.6 Å². The van der Waals surface area contributed by atoms with E-state index in [1.165, 1.54) is 16.8 Å². The van der Waals surface area contributed by atoms with Gasteiger partial charge < -0.3 is 14.7 Å². The Bertz CT molecular complexity index is 827. The Morgan fingerprint density at radius 1 is 1.17 bits per heavy atom. The summed E-state index contributed by atoms with van der Waals surface area (Å²) in [4.78, 5) is 23.0. The fourth-order valence-corrected chi connectivity index (χ4v) is 4.06. The summed E-state index contributed by atoms with van der Waals surface area (Å²) in [6, 6.07) is 2.22. The first-order valence-corrected chi connectivity index (χ1v) is 10.5. The maximum atomic E-state index is 10.6. The summed E-state index contributed by atoms with van der Waals surface area (Å²) in [5.41, 5.74) is 4.00. The van der Waals surface area contributed by atoms with Gasteiger partial charge in [0.05, 0.1) is 18.9 Å². The van der Waals surface area contributed by atoms with E-state index in [1.807, 2.05) is 0 Å². The maximum absolute atomic E-state index is 10.6. The lowest BCUT2D eigenvalue weighted by Crippen LogP contribution is -2.37. The number of aromatic nitrogens is 2. The smallest absolute Gasteiger partial charge is 0.475 e. The topological polar surface area (TPSA) is 78.8 Å². The molecule has 0 aromatic carbocycles. The molecule has 0 saturated carbocycles. The molecule has 0 amide bonds. The third kappa shape index (κ3) is 6.13. The van der Waals surface area contributed by atoms with Crippen LogP contribution in [0.5, 0.6) is 0 Å². The third-order valence-electron chi connectivity index (χ3n) is 4.89. The number of anilines is 1. The molecule has 164 valence electrons. The summed E-state index contributed by atoms with van der Waals surface area (Å²) >= 11 is 1.77. The van der Waals surface area contributed by atoms with Crippen molar-refractivity contribution in [3.05, 3.63) is 40.0 Å². The molecule has 2 aliphatic rings. The Labute approximate surface area is 176 Å². The average Bonchev–Trinajstić information content (AvgIpc) is 3.15. The molecule has 0 aliphatic carbocycles. The Morgan fingerprint density at radius 3 is 2.50 bits per heavy atom. The number of aliphatic carboxylic acids is 1. The molecule has 30 heavy (non-hydrogen) atoms. The highest BCUT2D eigenvalue weighted by Crippen LogP contribution is 2.25. The first-order chi connectivity index (χ1) is 14.3. The molecule has 0 atom stereocenters. The number of alkyl halides is 3. The molecule has 2 aromatic rings. The number of carboxylic acid groups (broad SMARTS) is 1. The number of hydrogen-bond acceptors (Lipinski definition) is 7. The van der Waals surface area contributed by atoms with Crippen molar-refractivity contribution < 1.29 is 27.8 Å². The zero-order valence-corrected chi connectivity index (χ0v) is 17.1. The predicted molar refractivity (Wildman–Crippen MR) is 106 cm³/mol. The van der Waals surface area contributed by atoms with Crippen molar-refractivity contribution in [1.29, 1.82) is 0 Å². The molecule has 1 fully saturated rings. The molecule has 11 heteroatoms. The third-order valence-corrected chi connectivity index (χ3v) is 5.63. The van der Waals surface area contributed by atoms with Crippen LogP contribution < -0.4 is 4.90 Å². The van der Waals surface area contributed by atoms with Crippen LogP contribution in [0.2, 0.25) is 0 Å². The number of thiophene rings is 1. The minimum Gasteiger partial charge on any atom is -0.475 e. The molecule has 4 heterocycles. The minimum absolute atomic E-state index is 0.795. The molecule has 7 nitrogen and oxygen atoms in total. The van der Waals surface area contributed by atoms with E-state index < -0.39 is 12.1 Å². The average molecular weight is 444 g/mol. The van der Waals surface area contributed by atoms with Crippen molar-refractivity contribution in [3.8, 4) is 0 Å². The Kier molecular flexibility index (Phi) is 7.62. The van der Waals surface area contributed by atoms with Gasteiger partial charge in [-0.25, -0.2) is 14.8 Å². The SMILES string of the molecule is O=C(O)C(F)(F)F.c1nc2c(c(N3CCOCC3)n1)CCN(Cc1ccsc1)CC2. The van der Waals surface area contributed by atoms with Gasteiger partial charge in [-0.15, -0.1) is 0 Å². The minimum atomic E-state index is -5.08. The lowest BCUT2D eigenvalue weighted by atomic mass is 10.1. The van der Waals surface area contributed by atoms with Gasteiger partial charge >= 0.3 is 12.1 Å². The summed E-state index contributed by atoms with van der Waals surface area (Å²) in [7, 11) is 0. The molecular weight excluding hydrogens is 421 g/mol. The van der Waals surface area contributed by atoms with E-state index in [4.69, 9.17) is 14.6 Å². The number of morpholine rings is 1. The molecular formula is C19H23F3N4O3S. The van der Waals surface area contributed by atoms with Crippen LogP contribution in [0.25, 0.3) is 0 Å². The molecule has 1 N–H and O–H groups in total. The van der Waals surface area contributed by atoms with E-state index in [1.54, 1.807) is 17.7 Å². The Morgan fingerprint density at radius 2 is 1.87 bits per heavy atom. The molecule has 4 rings (SSSR count). The monoisotopic (exact) mass is 444 g/mol. The van der Waals surface area contributed by atoms with Crippen molar-refractivity contribution in [2.24, 2.45) is 0 Å². The van der Waals surface area contributed by atoms with Crippen LogP contribution in [-0.2, 0) is 28.9 Å². The van der Waals surface area contributed by atoms with Crippen LogP contribution in [0, 0.1) is 0 Å². The van der Waals surface area contributed by atoms with Gasteiger partial charge in [0.15, 0.2) is 0 Å². The Hall–Kier alpha value is -2.24. The van der Waals surface area contributed by atoms with Gasteiger partial charge in [-0.05, 0) is 28.8 Å². The van der Waals surface area contributed by atoms with Crippen LogP contribution in [0.3, 0.4) is 0 Å². The number of ether oxygens (including phenoxy) is 1. The highest BCUT2D eigenvalue weighted by molar-refractivity contribution is 7.07. The highest BCUT2D eigenvalue weighted by atomic mass is 32.1. The first-order valence-electron chi connectivity index (χ1n) is 9.53. The zero-order valence-electron chi connectivity index (χ0n) is 16.3. The zero-order chi connectivity index (χ0) is 21.6. The number of rotatable bonds is 3. The van der Waals surface area contributed by atoms with Crippen molar-refractivity contribution in [2.75, 3.05) is 44.3 Å². The summed E-state index contributed by atoms with van der Waals surface area (Å²) < 4.78 is 37.2. The number of carbonyl (C=O) groups is 1. The quantitative estimate of drug-likeness (QED) is 0.780. The van der Waals surface area contributed by atoms with Gasteiger partial charge in [0, 0.05) is 44.7 Å². The lowest BCUT2D eigenvalue weighted by molar-refractivity contribution is -0.192. The number of hydrogen-bond donors (Lipinski definition) is 1. The van der Waals surface area contributed by atoms with Crippen LogP contribution in [0.15, 0.2) is 23.2 Å². The predicted octanol–water partition coefficient (Wildman–Crippen LogP) is 2.61. The first kappa shape index (κ1) is 22.4. The van der Waals surface area contributed by atoms with Crippen LogP contribution in [-0.4, -0.2) is 71.5 Å². The van der Waals surface area contributed by atoms with Crippen LogP contribution in [0.4, 0.5) is 19.0 Å². The van der Waals surface area contributed by atoms with Crippen molar-refractivity contribution in [1.82, 2.24) is 14.9 Å². The number of carboxylic acids is 1. The second-order valence-corrected chi connectivity index (χ2v) is 7.71. The van der Waals surface area contributed by atoms with Gasteiger partial charge in [-0.1, -0.05) is 0 Å². The van der Waals surface area contributed by atoms with Gasteiger partial charge in [0.1, 0.15) is 12.1 Å². The van der Waals surface area contributed by atoms with Crippen LogP contribution >= 0.6 is 11.3 Å². The summed E-state index contributed by atoms with van der Waals surface area (Å²) in [5.74, 6) is -1.62. The normalized spacial score (nSPS) is 17.5. The number of nitrogens with zero attached hydrogens (tertiary/aromatic N) is 4. The molecule has 2 aliphatic heterocycles. The second kappa shape index (κ2) is 10.2. The molecule has 0 unspecified atom stereocenters. The van der Waals surface area contributed by atoms with Crippen LogP contribution in [0.1, 0.15) is 16.8 Å². The Balaban J connectivity index is 0.000000318. The number of fused-ring (bicyclic) bond motifs is 1. The standard InChI is InChI=1S/C17H22N4OS.C2HF3O2/c1-4-20(11-14-3-10-23-12-14)5-2-16-15(1)17(19-13-18-16)21-6-8-22-9-7-21;3-2(4,5)1(6)7/h3,10,12-13H,1-2,4-9,11H2;(H,6,7). The summed E-state index contributed by atoms with van der Waals surface area (Å²) in [6.45, 7) is 6.64. The van der Waals surface area contributed by atoms with Gasteiger partial charge in [0.2, 0.25) is 0 Å². The summed E-state index contributed by atoms with van der Waals surface area (Å²) in [6.07, 6.45) is -1.30. The fraction of sp³-hybridized carbons (Fsp3) is 0.526. The van der Waals surface area contributed by atoms with E-state index in [2.05, 4.69) is 36.6 Å². The lowest BCUT2D eigenvalue weighted by Gasteiger charge is -2.29. The van der Waals surface area contributed by atoms with Crippen molar-refractivity contribution in [3.63, 3.8) is 0 Å². The van der Waals surface area contributed by atoms with Crippen molar-refractivity contribution in [2.45, 2.75) is 25.6 Å². The largest absolute Gasteiger partial charge is 0.490 e. The number of halogens is 3. The maximum Gasteiger partial charge on any atom is 0.490 e. The van der Waals surface area contributed by atoms with Gasteiger partial charge in [-0.3, -0.25) is 4.90 Å². The van der Waals surface area contributed by atoms with E-state index in [-0.39, 0.29) is 0 Å². The van der Waals surface area contributed by atoms with Gasteiger partial charge in [0.25, 0.3) is 0 Å². The second-order valence-electron chi connectivity index (χ2n) is 6.93. The van der Waals surface area contributed by atoms with E-state index >= 15 is 0 Å². The highest BCUT2D eigenvalue weighted by Gasteiger charge is 2.38.